The van der Waals surface area contributed by atoms with E-state index in [1.807, 2.05) is 30.3 Å². The first-order valence-corrected chi connectivity index (χ1v) is 6.14. The third-order valence-corrected chi connectivity index (χ3v) is 2.82. The normalized spacial score (nSPS) is 10.4. The van der Waals surface area contributed by atoms with Crippen LogP contribution in [0.1, 0.15) is 6.42 Å². The lowest BCUT2D eigenvalue weighted by Gasteiger charge is -2.04. The van der Waals surface area contributed by atoms with Crippen molar-refractivity contribution >= 4 is 11.4 Å². The molecule has 0 spiro atoms. The Balaban J connectivity index is 1.75. The minimum absolute atomic E-state index is 0.116. The molecular weight excluding hydrogens is 244 g/mol. The van der Waals surface area contributed by atoms with E-state index in [1.54, 1.807) is 12.1 Å². The zero-order valence-electron chi connectivity index (χ0n) is 10.8. The minimum Gasteiger partial charge on any atom is -0.385 e. The molecule has 1 N–H and O–H groups in total. The summed E-state index contributed by atoms with van der Waals surface area (Å²) in [5.74, 6) is 0. The molecule has 0 saturated heterocycles. The molecule has 0 saturated carbocycles. The van der Waals surface area contributed by atoms with E-state index < -0.39 is 4.92 Å². The van der Waals surface area contributed by atoms with Gasteiger partial charge in [-0.2, -0.15) is 0 Å². The van der Waals surface area contributed by atoms with Gasteiger partial charge in [-0.15, -0.1) is 0 Å². The second-order valence-electron chi connectivity index (χ2n) is 4.40. The van der Waals surface area contributed by atoms with Crippen molar-refractivity contribution in [3.63, 3.8) is 0 Å². The Bertz CT molecular complexity index is 548. The number of rotatable bonds is 6. The molecular formula is C13H17N4O2+. The molecule has 0 amide bonds. The SMILES string of the molecule is C[n+]1ccn(CCCNc2ccc([N+](=O)[O-])cc2)c1. The van der Waals surface area contributed by atoms with Crippen LogP contribution in [-0.4, -0.2) is 16.0 Å². The highest BCUT2D eigenvalue weighted by Gasteiger charge is 2.03. The van der Waals surface area contributed by atoms with E-state index in [-0.39, 0.29) is 5.69 Å². The van der Waals surface area contributed by atoms with Gasteiger partial charge in [-0.25, -0.2) is 9.13 Å². The molecule has 0 atom stereocenters. The third-order valence-electron chi connectivity index (χ3n) is 2.82. The maximum Gasteiger partial charge on any atom is 0.269 e. The molecule has 1 heterocycles. The molecule has 0 aliphatic carbocycles. The number of hydrogen-bond acceptors (Lipinski definition) is 3. The van der Waals surface area contributed by atoms with Gasteiger partial charge in [-0.3, -0.25) is 10.1 Å². The molecule has 0 aliphatic heterocycles. The van der Waals surface area contributed by atoms with Gasteiger partial charge < -0.3 is 5.32 Å². The Morgan fingerprint density at radius 1 is 1.37 bits per heavy atom. The number of nitrogens with one attached hydrogen (secondary N) is 1. The highest BCUT2D eigenvalue weighted by atomic mass is 16.6. The third kappa shape index (κ3) is 3.80. The van der Waals surface area contributed by atoms with E-state index in [2.05, 4.69) is 9.88 Å². The molecule has 19 heavy (non-hydrogen) atoms. The van der Waals surface area contributed by atoms with E-state index in [4.69, 9.17) is 0 Å². The van der Waals surface area contributed by atoms with Gasteiger partial charge in [-0.05, 0) is 12.1 Å². The van der Waals surface area contributed by atoms with Crippen LogP contribution in [0.2, 0.25) is 0 Å². The average molecular weight is 261 g/mol. The molecule has 2 rings (SSSR count). The minimum atomic E-state index is -0.393. The highest BCUT2D eigenvalue weighted by molar-refractivity contribution is 5.48. The van der Waals surface area contributed by atoms with Gasteiger partial charge in [0.2, 0.25) is 6.33 Å². The van der Waals surface area contributed by atoms with Gasteiger partial charge in [0.15, 0.2) is 0 Å². The predicted molar refractivity (Wildman–Crippen MR) is 71.8 cm³/mol. The van der Waals surface area contributed by atoms with Crippen molar-refractivity contribution in [2.75, 3.05) is 11.9 Å². The Morgan fingerprint density at radius 2 is 2.11 bits per heavy atom. The van der Waals surface area contributed by atoms with E-state index in [0.29, 0.717) is 0 Å². The van der Waals surface area contributed by atoms with Crippen molar-refractivity contribution in [3.8, 4) is 0 Å². The molecule has 100 valence electrons. The van der Waals surface area contributed by atoms with Gasteiger partial charge in [0.1, 0.15) is 12.4 Å². The van der Waals surface area contributed by atoms with E-state index >= 15 is 0 Å². The summed E-state index contributed by atoms with van der Waals surface area (Å²) in [6.07, 6.45) is 7.06. The van der Waals surface area contributed by atoms with E-state index in [1.165, 1.54) is 12.1 Å². The van der Waals surface area contributed by atoms with Crippen LogP contribution in [0.3, 0.4) is 0 Å². The number of nitrogens with zero attached hydrogens (tertiary/aromatic N) is 3. The van der Waals surface area contributed by atoms with Crippen molar-refractivity contribution < 1.29 is 9.49 Å². The molecule has 2 aromatic rings. The summed E-state index contributed by atoms with van der Waals surface area (Å²) in [4.78, 5) is 10.1. The number of hydrogen-bond donors (Lipinski definition) is 1. The van der Waals surface area contributed by atoms with Crippen LogP contribution in [0.5, 0.6) is 0 Å². The van der Waals surface area contributed by atoms with Crippen molar-refractivity contribution in [1.29, 1.82) is 0 Å². The molecule has 1 aromatic carbocycles. The van der Waals surface area contributed by atoms with Crippen LogP contribution in [0.15, 0.2) is 43.0 Å². The van der Waals surface area contributed by atoms with Crippen molar-refractivity contribution in [2.24, 2.45) is 7.05 Å². The lowest BCUT2D eigenvalue weighted by atomic mass is 10.3. The first-order valence-electron chi connectivity index (χ1n) is 6.14. The van der Waals surface area contributed by atoms with Crippen LogP contribution in [0, 0.1) is 10.1 Å². The van der Waals surface area contributed by atoms with E-state index in [9.17, 15) is 10.1 Å². The number of nitro benzene ring substituents is 1. The standard InChI is InChI=1S/C13H17N4O2/c1-15-9-10-16(11-15)8-2-7-14-12-3-5-13(6-4-12)17(18)19/h3-6,9-11,14H,2,7-8H2,1H3/q+1. The molecule has 6 heteroatoms. The molecule has 0 radical (unpaired) electrons. The maximum absolute atomic E-state index is 10.5. The lowest BCUT2D eigenvalue weighted by Crippen LogP contribution is -2.23. The Labute approximate surface area is 111 Å². The number of aryl methyl sites for hydroxylation is 2. The zero-order chi connectivity index (χ0) is 13.7. The molecule has 0 aliphatic rings. The quantitative estimate of drug-likeness (QED) is 0.373. The summed E-state index contributed by atoms with van der Waals surface area (Å²) < 4.78 is 4.13. The molecule has 0 unspecified atom stereocenters. The average Bonchev–Trinajstić information content (AvgIpc) is 2.81. The second kappa shape index (κ2) is 5.99. The number of aromatic nitrogens is 2. The number of anilines is 1. The fourth-order valence-electron chi connectivity index (χ4n) is 1.83. The van der Waals surface area contributed by atoms with Crippen LogP contribution >= 0.6 is 0 Å². The predicted octanol–water partition coefficient (Wildman–Crippen LogP) is 1.72. The number of non-ortho nitro benzene ring substituents is 1. The van der Waals surface area contributed by atoms with Crippen molar-refractivity contribution in [2.45, 2.75) is 13.0 Å². The molecule has 0 fully saturated rings. The topological polar surface area (TPSA) is 64.0 Å². The van der Waals surface area contributed by atoms with Gasteiger partial charge >= 0.3 is 0 Å². The van der Waals surface area contributed by atoms with Gasteiger partial charge in [0.25, 0.3) is 5.69 Å². The number of imidazole rings is 1. The summed E-state index contributed by atoms with van der Waals surface area (Å²) in [7, 11) is 1.99. The molecule has 1 aromatic heterocycles. The van der Waals surface area contributed by atoms with Crippen LogP contribution in [0.25, 0.3) is 0 Å². The van der Waals surface area contributed by atoms with Crippen LogP contribution in [-0.2, 0) is 13.6 Å². The summed E-state index contributed by atoms with van der Waals surface area (Å²) >= 11 is 0. The summed E-state index contributed by atoms with van der Waals surface area (Å²) in [5, 5.41) is 13.8. The number of benzene rings is 1. The first kappa shape index (κ1) is 13.1. The summed E-state index contributed by atoms with van der Waals surface area (Å²) in [6, 6.07) is 6.48. The molecule has 6 nitrogen and oxygen atoms in total. The Morgan fingerprint density at radius 3 is 2.68 bits per heavy atom. The van der Waals surface area contributed by atoms with Crippen LogP contribution < -0.4 is 9.88 Å². The van der Waals surface area contributed by atoms with E-state index in [0.717, 1.165) is 25.2 Å². The highest BCUT2D eigenvalue weighted by Crippen LogP contribution is 2.15. The summed E-state index contributed by atoms with van der Waals surface area (Å²) in [5.41, 5.74) is 1.02. The number of nitro groups is 1. The largest absolute Gasteiger partial charge is 0.385 e. The Kier molecular flexibility index (Phi) is 4.12. The smallest absolute Gasteiger partial charge is 0.269 e. The fourth-order valence-corrected chi connectivity index (χ4v) is 1.83. The molecule has 0 bridgehead atoms. The van der Waals surface area contributed by atoms with Crippen LogP contribution in [0.4, 0.5) is 11.4 Å². The monoisotopic (exact) mass is 261 g/mol. The second-order valence-corrected chi connectivity index (χ2v) is 4.40. The van der Waals surface area contributed by atoms with Gasteiger partial charge in [0.05, 0.1) is 18.5 Å². The Hall–Kier alpha value is -2.37. The lowest BCUT2D eigenvalue weighted by molar-refractivity contribution is -0.671. The summed E-state index contributed by atoms with van der Waals surface area (Å²) in [6.45, 7) is 1.78. The van der Waals surface area contributed by atoms with Gasteiger partial charge in [-0.1, -0.05) is 0 Å². The zero-order valence-corrected chi connectivity index (χ0v) is 10.8. The fraction of sp³-hybridized carbons (Fsp3) is 0.308. The van der Waals surface area contributed by atoms with Gasteiger partial charge in [0, 0.05) is 30.8 Å². The first-order chi connectivity index (χ1) is 9.15. The van der Waals surface area contributed by atoms with Crippen molar-refractivity contribution in [3.05, 3.63) is 53.1 Å². The maximum atomic E-state index is 10.5. The van der Waals surface area contributed by atoms with Crippen molar-refractivity contribution in [1.82, 2.24) is 4.57 Å².